The highest BCUT2D eigenvalue weighted by atomic mass is 32.1. The molecule has 0 radical (unpaired) electrons. The maximum atomic E-state index is 11.9. The molecule has 0 saturated heterocycles. The molecule has 0 heterocycles. The topological polar surface area (TPSA) is 46.5 Å². The Balaban J connectivity index is 3.14. The minimum Gasteiger partial charge on any atom is -0.507 e. The van der Waals surface area contributed by atoms with Crippen LogP contribution in [0.3, 0.4) is 0 Å². The van der Waals surface area contributed by atoms with E-state index in [0.717, 1.165) is 16.7 Å². The summed E-state index contributed by atoms with van der Waals surface area (Å²) in [6, 6.07) is 3.74. The summed E-state index contributed by atoms with van der Waals surface area (Å²) in [7, 11) is 0. The maximum absolute atomic E-state index is 11.9. The van der Waals surface area contributed by atoms with Crippen molar-refractivity contribution in [1.82, 2.24) is 0 Å². The Labute approximate surface area is 126 Å². The zero-order valence-electron chi connectivity index (χ0n) is 12.9. The van der Waals surface area contributed by atoms with Gasteiger partial charge in [0.1, 0.15) is 12.4 Å². The van der Waals surface area contributed by atoms with Crippen molar-refractivity contribution in [2.75, 3.05) is 12.4 Å². The Bertz CT molecular complexity index is 489. The van der Waals surface area contributed by atoms with Gasteiger partial charge in [-0.1, -0.05) is 32.9 Å². The first-order valence-corrected chi connectivity index (χ1v) is 7.43. The average Bonchev–Trinajstić information content (AvgIpc) is 2.36. The van der Waals surface area contributed by atoms with Crippen molar-refractivity contribution in [3.05, 3.63) is 28.8 Å². The second-order valence-corrected chi connectivity index (χ2v) is 6.54. The summed E-state index contributed by atoms with van der Waals surface area (Å²) >= 11 is 4.02. The second-order valence-electron chi connectivity index (χ2n) is 6.10. The fourth-order valence-corrected chi connectivity index (χ4v) is 2.13. The van der Waals surface area contributed by atoms with E-state index in [1.165, 1.54) is 0 Å². The van der Waals surface area contributed by atoms with Crippen LogP contribution in [0.4, 0.5) is 0 Å². The molecule has 0 aliphatic rings. The summed E-state index contributed by atoms with van der Waals surface area (Å²) in [5.74, 6) is 0.205. The molecule has 1 aromatic carbocycles. The van der Waals surface area contributed by atoms with E-state index >= 15 is 0 Å². The molecule has 0 aliphatic carbocycles. The van der Waals surface area contributed by atoms with Crippen molar-refractivity contribution in [2.45, 2.75) is 46.0 Å². The highest BCUT2D eigenvalue weighted by Gasteiger charge is 2.24. The van der Waals surface area contributed by atoms with Crippen molar-refractivity contribution < 1.29 is 14.6 Å². The van der Waals surface area contributed by atoms with E-state index < -0.39 is 0 Å². The number of hydrogen-bond acceptors (Lipinski definition) is 4. The number of carbonyl (C=O) groups is 1. The van der Waals surface area contributed by atoms with Crippen LogP contribution in [0.15, 0.2) is 12.1 Å². The molecule has 4 heteroatoms. The fourth-order valence-electron chi connectivity index (χ4n) is 2.04. The Morgan fingerprint density at radius 2 is 2.00 bits per heavy atom. The molecule has 1 rings (SSSR count). The Morgan fingerprint density at radius 1 is 1.40 bits per heavy atom. The van der Waals surface area contributed by atoms with E-state index in [1.54, 1.807) is 0 Å². The van der Waals surface area contributed by atoms with Crippen LogP contribution < -0.4 is 0 Å². The third-order valence-corrected chi connectivity index (χ3v) is 3.50. The Kier molecular flexibility index (Phi) is 5.51. The highest BCUT2D eigenvalue weighted by molar-refractivity contribution is 7.80. The standard InChI is InChI=1S/C16H24O3S/c1-10-8-12(11(2)15(18)19-6-7-20)9-13(14(10)17)16(3,4)5/h8-9,11,17,20H,6-7H2,1-5H3. The summed E-state index contributed by atoms with van der Waals surface area (Å²) in [5, 5.41) is 10.2. The Morgan fingerprint density at radius 3 is 2.50 bits per heavy atom. The number of hydrogen-bond donors (Lipinski definition) is 2. The van der Waals surface area contributed by atoms with E-state index in [2.05, 4.69) is 12.6 Å². The third-order valence-electron chi connectivity index (χ3n) is 3.32. The monoisotopic (exact) mass is 296 g/mol. The van der Waals surface area contributed by atoms with E-state index in [-0.39, 0.29) is 17.3 Å². The number of esters is 1. The summed E-state index contributed by atoms with van der Waals surface area (Å²) in [6.45, 7) is 10.1. The van der Waals surface area contributed by atoms with Crippen LogP contribution in [0.2, 0.25) is 0 Å². The van der Waals surface area contributed by atoms with E-state index in [4.69, 9.17) is 4.74 Å². The van der Waals surface area contributed by atoms with Crippen molar-refractivity contribution in [3.63, 3.8) is 0 Å². The van der Waals surface area contributed by atoms with Gasteiger partial charge in [0, 0.05) is 5.75 Å². The summed E-state index contributed by atoms with van der Waals surface area (Å²) in [6.07, 6.45) is 0. The van der Waals surface area contributed by atoms with Crippen LogP contribution in [-0.2, 0) is 14.9 Å². The van der Waals surface area contributed by atoms with Crippen molar-refractivity contribution >= 4 is 18.6 Å². The van der Waals surface area contributed by atoms with E-state index in [1.807, 2.05) is 46.8 Å². The lowest BCUT2D eigenvalue weighted by atomic mass is 9.82. The largest absolute Gasteiger partial charge is 0.507 e. The van der Waals surface area contributed by atoms with Gasteiger partial charge in [-0.25, -0.2) is 0 Å². The molecule has 1 unspecified atom stereocenters. The van der Waals surface area contributed by atoms with Crippen LogP contribution in [-0.4, -0.2) is 23.4 Å². The van der Waals surface area contributed by atoms with Crippen molar-refractivity contribution in [1.29, 1.82) is 0 Å². The third kappa shape index (κ3) is 3.92. The summed E-state index contributed by atoms with van der Waals surface area (Å²) in [4.78, 5) is 11.9. The van der Waals surface area contributed by atoms with Crippen LogP contribution in [0.5, 0.6) is 5.75 Å². The van der Waals surface area contributed by atoms with Gasteiger partial charge in [0.25, 0.3) is 0 Å². The van der Waals surface area contributed by atoms with Gasteiger partial charge in [-0.15, -0.1) is 0 Å². The smallest absolute Gasteiger partial charge is 0.313 e. The molecule has 1 aromatic rings. The van der Waals surface area contributed by atoms with Crippen LogP contribution in [0, 0.1) is 6.92 Å². The number of benzene rings is 1. The molecule has 0 aliphatic heterocycles. The molecule has 0 amide bonds. The molecule has 0 saturated carbocycles. The molecule has 3 nitrogen and oxygen atoms in total. The van der Waals surface area contributed by atoms with Crippen molar-refractivity contribution in [3.8, 4) is 5.75 Å². The zero-order valence-corrected chi connectivity index (χ0v) is 13.8. The zero-order chi connectivity index (χ0) is 15.5. The number of carbonyl (C=O) groups excluding carboxylic acids is 1. The number of thiol groups is 1. The van der Waals surface area contributed by atoms with Crippen LogP contribution in [0.25, 0.3) is 0 Å². The molecule has 1 atom stereocenters. The first kappa shape index (κ1) is 16.9. The molecule has 20 heavy (non-hydrogen) atoms. The van der Waals surface area contributed by atoms with E-state index in [0.29, 0.717) is 18.1 Å². The highest BCUT2D eigenvalue weighted by Crippen LogP contribution is 2.36. The molecular weight excluding hydrogens is 272 g/mol. The van der Waals surface area contributed by atoms with Gasteiger partial charge in [-0.05, 0) is 36.0 Å². The number of aromatic hydroxyl groups is 1. The molecular formula is C16H24O3S. The summed E-state index contributed by atoms with van der Waals surface area (Å²) < 4.78 is 5.13. The predicted molar refractivity (Wildman–Crippen MR) is 84.8 cm³/mol. The first-order valence-electron chi connectivity index (χ1n) is 6.80. The predicted octanol–water partition coefficient (Wildman–Crippen LogP) is 3.57. The molecule has 0 spiro atoms. The lowest BCUT2D eigenvalue weighted by molar-refractivity contribution is -0.144. The second kappa shape index (κ2) is 6.53. The number of rotatable bonds is 4. The van der Waals surface area contributed by atoms with Gasteiger partial charge in [0.05, 0.1) is 5.92 Å². The van der Waals surface area contributed by atoms with Gasteiger partial charge >= 0.3 is 5.97 Å². The first-order chi connectivity index (χ1) is 9.18. The van der Waals surface area contributed by atoms with Crippen LogP contribution in [0.1, 0.15) is 50.3 Å². The molecule has 0 bridgehead atoms. The van der Waals surface area contributed by atoms with Gasteiger partial charge < -0.3 is 9.84 Å². The maximum Gasteiger partial charge on any atom is 0.313 e. The minimum absolute atomic E-state index is 0.181. The normalized spacial score (nSPS) is 13.1. The molecule has 1 N–H and O–H groups in total. The number of aryl methyl sites for hydroxylation is 1. The Hall–Kier alpha value is -1.16. The van der Waals surface area contributed by atoms with Crippen LogP contribution >= 0.6 is 12.6 Å². The van der Waals surface area contributed by atoms with E-state index in [9.17, 15) is 9.90 Å². The molecule has 0 fully saturated rings. The SMILES string of the molecule is Cc1cc(C(C)C(=O)OCCS)cc(C(C)(C)C)c1O. The average molecular weight is 296 g/mol. The number of phenolic OH excluding ortho intramolecular Hbond substituents is 1. The summed E-state index contributed by atoms with van der Waals surface area (Å²) in [5.41, 5.74) is 2.32. The number of phenols is 1. The van der Waals surface area contributed by atoms with Gasteiger partial charge in [-0.3, -0.25) is 4.79 Å². The molecule has 0 aromatic heterocycles. The number of ether oxygens (including phenoxy) is 1. The van der Waals surface area contributed by atoms with Gasteiger partial charge in [0.15, 0.2) is 0 Å². The quantitative estimate of drug-likeness (QED) is 0.659. The lowest BCUT2D eigenvalue weighted by Crippen LogP contribution is -2.17. The molecule has 112 valence electrons. The van der Waals surface area contributed by atoms with Gasteiger partial charge in [-0.2, -0.15) is 12.6 Å². The fraction of sp³-hybridized carbons (Fsp3) is 0.562. The van der Waals surface area contributed by atoms with Gasteiger partial charge in [0.2, 0.25) is 0 Å². The minimum atomic E-state index is -0.352. The van der Waals surface area contributed by atoms with Crippen molar-refractivity contribution in [2.24, 2.45) is 0 Å². The lowest BCUT2D eigenvalue weighted by Gasteiger charge is -2.24.